The Hall–Kier alpha value is -1.76. The smallest absolute Gasteiger partial charge is 0.203 e. The fraction of sp³-hybridized carbons (Fsp3) is 0.455. The van der Waals surface area contributed by atoms with E-state index in [0.29, 0.717) is 11.5 Å². The molecule has 0 bridgehead atoms. The normalized spacial score (nSPS) is 12.6. The van der Waals surface area contributed by atoms with Gasteiger partial charge in [0.05, 0.1) is 4.99 Å². The van der Waals surface area contributed by atoms with Gasteiger partial charge in [-0.25, -0.2) is 4.98 Å². The molecule has 0 radical (unpaired) electrons. The minimum Gasteiger partial charge on any atom is -0.393 e. The number of nitrogens with two attached hydrogens (primary N) is 1. The number of fused-ring (bicyclic) bond motifs is 1. The first kappa shape index (κ1) is 12.7. The molecule has 2 aromatic heterocycles. The van der Waals surface area contributed by atoms with E-state index in [9.17, 15) is 0 Å². The van der Waals surface area contributed by atoms with Crippen LogP contribution in [0.5, 0.6) is 0 Å². The number of aromatic nitrogens is 4. The summed E-state index contributed by atoms with van der Waals surface area (Å²) in [6, 6.07) is 0. The summed E-state index contributed by atoms with van der Waals surface area (Å²) < 4.78 is 1.91. The first-order chi connectivity index (χ1) is 8.50. The number of anilines is 1. The van der Waals surface area contributed by atoms with Crippen LogP contribution in [0.25, 0.3) is 5.65 Å². The second kappa shape index (κ2) is 4.85. The number of hydrogen-bond acceptors (Lipinski definition) is 5. The largest absolute Gasteiger partial charge is 0.393 e. The summed E-state index contributed by atoms with van der Waals surface area (Å²) in [5.74, 6) is 1.74. The van der Waals surface area contributed by atoms with Crippen LogP contribution in [0.15, 0.2) is 12.4 Å². The lowest BCUT2D eigenvalue weighted by molar-refractivity contribution is 0.735. The van der Waals surface area contributed by atoms with Crippen LogP contribution >= 0.6 is 12.2 Å². The zero-order chi connectivity index (χ0) is 13.3. The lowest BCUT2D eigenvalue weighted by atomic mass is 10.2. The molecule has 1 atom stereocenters. The van der Waals surface area contributed by atoms with Crippen LogP contribution in [-0.4, -0.2) is 38.2 Å². The molecule has 0 amide bonds. The van der Waals surface area contributed by atoms with Crippen molar-refractivity contribution in [3.8, 4) is 0 Å². The van der Waals surface area contributed by atoms with Crippen molar-refractivity contribution in [1.82, 2.24) is 19.6 Å². The van der Waals surface area contributed by atoms with Gasteiger partial charge in [0.2, 0.25) is 5.65 Å². The van der Waals surface area contributed by atoms with Crippen LogP contribution in [0.2, 0.25) is 0 Å². The van der Waals surface area contributed by atoms with Crippen LogP contribution in [-0.2, 0) is 0 Å². The van der Waals surface area contributed by atoms with Crippen molar-refractivity contribution in [2.45, 2.75) is 13.8 Å². The van der Waals surface area contributed by atoms with E-state index in [-0.39, 0.29) is 5.92 Å². The molecule has 2 heterocycles. The maximum absolute atomic E-state index is 5.63. The zero-order valence-corrected chi connectivity index (χ0v) is 11.5. The Kier molecular flexibility index (Phi) is 3.42. The van der Waals surface area contributed by atoms with E-state index >= 15 is 0 Å². The summed E-state index contributed by atoms with van der Waals surface area (Å²) in [6.07, 6.45) is 3.58. The van der Waals surface area contributed by atoms with Gasteiger partial charge in [0.25, 0.3) is 0 Å². The Labute approximate surface area is 111 Å². The minimum atomic E-state index is 0.121. The van der Waals surface area contributed by atoms with E-state index in [1.807, 2.05) is 36.4 Å². The number of aryl methyl sites for hydroxylation is 1. The van der Waals surface area contributed by atoms with Gasteiger partial charge in [0.1, 0.15) is 5.82 Å². The maximum Gasteiger partial charge on any atom is 0.203 e. The van der Waals surface area contributed by atoms with E-state index in [4.69, 9.17) is 18.0 Å². The van der Waals surface area contributed by atoms with Gasteiger partial charge >= 0.3 is 0 Å². The summed E-state index contributed by atoms with van der Waals surface area (Å²) in [6.45, 7) is 4.60. The second-order valence-corrected chi connectivity index (χ2v) is 4.85. The van der Waals surface area contributed by atoms with Crippen molar-refractivity contribution in [2.75, 3.05) is 18.5 Å². The Morgan fingerprint density at radius 1 is 1.56 bits per heavy atom. The fourth-order valence-corrected chi connectivity index (χ4v) is 1.86. The monoisotopic (exact) mass is 264 g/mol. The summed E-state index contributed by atoms with van der Waals surface area (Å²) in [5.41, 5.74) is 6.37. The predicted octanol–water partition coefficient (Wildman–Crippen LogP) is 0.791. The molecule has 7 heteroatoms. The van der Waals surface area contributed by atoms with Gasteiger partial charge in [-0.2, -0.15) is 0 Å². The standard InChI is InChI=1S/C11H16N6S/c1-7(9(12)18)6-16(3)10-11-15-14-8(2)17(11)5-4-13-10/h4-5,7H,6H2,1-3H3,(H2,12,18). The van der Waals surface area contributed by atoms with Crippen LogP contribution < -0.4 is 10.6 Å². The van der Waals surface area contributed by atoms with Crippen LogP contribution in [0, 0.1) is 12.8 Å². The molecule has 0 aliphatic heterocycles. The van der Waals surface area contributed by atoms with Crippen molar-refractivity contribution in [3.63, 3.8) is 0 Å². The summed E-state index contributed by atoms with van der Waals surface area (Å²) in [4.78, 5) is 6.85. The molecule has 6 nitrogen and oxygen atoms in total. The molecule has 0 aliphatic carbocycles. The molecule has 0 saturated carbocycles. The molecule has 2 rings (SSSR count). The number of nitrogens with zero attached hydrogens (tertiary/aromatic N) is 5. The number of rotatable bonds is 4. The topological polar surface area (TPSA) is 72.3 Å². The Morgan fingerprint density at radius 3 is 2.94 bits per heavy atom. The summed E-state index contributed by atoms with van der Waals surface area (Å²) in [7, 11) is 1.95. The molecule has 18 heavy (non-hydrogen) atoms. The molecule has 2 aromatic rings. The Bertz CT molecular complexity index is 578. The van der Waals surface area contributed by atoms with Crippen LogP contribution in [0.4, 0.5) is 5.82 Å². The van der Waals surface area contributed by atoms with Gasteiger partial charge in [-0.15, -0.1) is 10.2 Å². The first-order valence-corrected chi connectivity index (χ1v) is 6.08. The highest BCUT2D eigenvalue weighted by atomic mass is 32.1. The van der Waals surface area contributed by atoms with Crippen molar-refractivity contribution >= 4 is 28.7 Å². The van der Waals surface area contributed by atoms with Gasteiger partial charge in [-0.3, -0.25) is 4.40 Å². The molecule has 0 aliphatic rings. The summed E-state index contributed by atoms with van der Waals surface area (Å²) in [5, 5.41) is 8.18. The van der Waals surface area contributed by atoms with E-state index < -0.39 is 0 Å². The maximum atomic E-state index is 5.63. The van der Waals surface area contributed by atoms with Crippen molar-refractivity contribution in [2.24, 2.45) is 11.7 Å². The third kappa shape index (κ3) is 2.26. The first-order valence-electron chi connectivity index (χ1n) is 5.67. The molecular weight excluding hydrogens is 248 g/mol. The lowest BCUT2D eigenvalue weighted by Crippen LogP contribution is -2.32. The average molecular weight is 264 g/mol. The highest BCUT2D eigenvalue weighted by Crippen LogP contribution is 2.17. The molecule has 2 N–H and O–H groups in total. The van der Waals surface area contributed by atoms with Crippen molar-refractivity contribution in [1.29, 1.82) is 0 Å². The minimum absolute atomic E-state index is 0.121. The number of thiocarbonyl (C=S) groups is 1. The third-order valence-corrected chi connectivity index (χ3v) is 3.28. The van der Waals surface area contributed by atoms with E-state index in [0.717, 1.165) is 17.3 Å². The zero-order valence-electron chi connectivity index (χ0n) is 10.7. The SMILES string of the molecule is Cc1nnc2c(N(C)CC(C)C(N)=S)nccn12. The predicted molar refractivity (Wildman–Crippen MR) is 74.7 cm³/mol. The highest BCUT2D eigenvalue weighted by molar-refractivity contribution is 7.80. The molecule has 0 fully saturated rings. The van der Waals surface area contributed by atoms with Crippen LogP contribution in [0.1, 0.15) is 12.7 Å². The Balaban J connectivity index is 2.33. The average Bonchev–Trinajstić information content (AvgIpc) is 2.71. The number of hydrogen-bond donors (Lipinski definition) is 1. The van der Waals surface area contributed by atoms with Crippen LogP contribution in [0.3, 0.4) is 0 Å². The van der Waals surface area contributed by atoms with Gasteiger partial charge in [0.15, 0.2) is 5.82 Å². The van der Waals surface area contributed by atoms with Gasteiger partial charge in [-0.1, -0.05) is 19.1 Å². The molecule has 0 aromatic carbocycles. The molecule has 96 valence electrons. The van der Waals surface area contributed by atoms with Gasteiger partial charge < -0.3 is 10.6 Å². The third-order valence-electron chi connectivity index (χ3n) is 2.87. The van der Waals surface area contributed by atoms with Gasteiger partial charge in [-0.05, 0) is 6.92 Å². The molecule has 1 unspecified atom stereocenters. The van der Waals surface area contributed by atoms with Gasteiger partial charge in [0, 0.05) is 31.9 Å². The van der Waals surface area contributed by atoms with Crippen molar-refractivity contribution in [3.05, 3.63) is 18.2 Å². The Morgan fingerprint density at radius 2 is 2.28 bits per heavy atom. The molecule has 0 spiro atoms. The van der Waals surface area contributed by atoms with E-state index in [1.165, 1.54) is 0 Å². The van der Waals surface area contributed by atoms with E-state index in [2.05, 4.69) is 15.2 Å². The summed E-state index contributed by atoms with van der Waals surface area (Å²) >= 11 is 4.98. The fourth-order valence-electron chi connectivity index (χ4n) is 1.79. The highest BCUT2D eigenvalue weighted by Gasteiger charge is 2.15. The quantitative estimate of drug-likeness (QED) is 0.823. The van der Waals surface area contributed by atoms with Crippen molar-refractivity contribution < 1.29 is 0 Å². The second-order valence-electron chi connectivity index (χ2n) is 4.38. The van der Waals surface area contributed by atoms with E-state index in [1.54, 1.807) is 6.20 Å². The lowest BCUT2D eigenvalue weighted by Gasteiger charge is -2.21. The molecular formula is C11H16N6S. The molecule has 0 saturated heterocycles.